The lowest BCUT2D eigenvalue weighted by atomic mass is 10.3. The number of anilines is 2. The predicted molar refractivity (Wildman–Crippen MR) is 82.0 cm³/mol. The lowest BCUT2D eigenvalue weighted by molar-refractivity contribution is 0.102. The van der Waals surface area contributed by atoms with Gasteiger partial charge in [-0.2, -0.15) is 0 Å². The van der Waals surface area contributed by atoms with E-state index in [1.54, 1.807) is 18.2 Å². The number of carbonyl (C=O) groups excluding carboxylic acids is 1. The first kappa shape index (κ1) is 14.0. The quantitative estimate of drug-likeness (QED) is 0.425. The fourth-order valence-electron chi connectivity index (χ4n) is 1.32. The van der Waals surface area contributed by atoms with E-state index in [4.69, 9.17) is 17.4 Å². The number of benzene rings is 1. The van der Waals surface area contributed by atoms with Crippen LogP contribution in [0.4, 0.5) is 11.5 Å². The van der Waals surface area contributed by atoms with Gasteiger partial charge in [-0.1, -0.05) is 11.6 Å². The smallest absolute Gasteiger partial charge is 0.275 e. The molecule has 98 valence electrons. The van der Waals surface area contributed by atoms with Gasteiger partial charge >= 0.3 is 0 Å². The number of nitrogens with one attached hydrogen (secondary N) is 2. The van der Waals surface area contributed by atoms with Gasteiger partial charge in [-0.25, -0.2) is 10.8 Å². The molecular formula is C11H9ClIN5O. The maximum absolute atomic E-state index is 12.0. The lowest BCUT2D eigenvalue weighted by Crippen LogP contribution is -2.17. The third-order valence-electron chi connectivity index (χ3n) is 2.19. The van der Waals surface area contributed by atoms with Gasteiger partial charge in [-0.3, -0.25) is 9.78 Å². The largest absolute Gasteiger partial charge is 0.320 e. The van der Waals surface area contributed by atoms with Crippen LogP contribution in [0.1, 0.15) is 10.5 Å². The van der Waals surface area contributed by atoms with E-state index in [1.807, 2.05) is 0 Å². The average molecular weight is 390 g/mol. The number of nitrogens with two attached hydrogens (primary N) is 1. The topological polar surface area (TPSA) is 92.9 Å². The summed E-state index contributed by atoms with van der Waals surface area (Å²) in [4.78, 5) is 19.9. The van der Waals surface area contributed by atoms with E-state index in [0.717, 1.165) is 3.57 Å². The zero-order valence-electron chi connectivity index (χ0n) is 9.52. The molecule has 0 saturated carbocycles. The molecule has 0 fully saturated rings. The highest BCUT2D eigenvalue weighted by molar-refractivity contribution is 14.1. The molecule has 19 heavy (non-hydrogen) atoms. The van der Waals surface area contributed by atoms with Crippen LogP contribution in [0.5, 0.6) is 0 Å². The molecule has 2 rings (SSSR count). The van der Waals surface area contributed by atoms with Crippen molar-refractivity contribution in [2.24, 2.45) is 5.84 Å². The van der Waals surface area contributed by atoms with Gasteiger partial charge in [-0.05, 0) is 40.8 Å². The Kier molecular flexibility index (Phi) is 4.51. The summed E-state index contributed by atoms with van der Waals surface area (Å²) in [5.41, 5.74) is 3.16. The third-order valence-corrected chi connectivity index (χ3v) is 3.32. The summed E-state index contributed by atoms with van der Waals surface area (Å²) in [7, 11) is 0. The first-order chi connectivity index (χ1) is 9.10. The third kappa shape index (κ3) is 3.52. The first-order valence-electron chi connectivity index (χ1n) is 5.15. The van der Waals surface area contributed by atoms with Crippen LogP contribution in [0, 0.1) is 3.57 Å². The maximum atomic E-state index is 12.0. The summed E-state index contributed by atoms with van der Waals surface area (Å²) in [6.45, 7) is 0. The van der Waals surface area contributed by atoms with Gasteiger partial charge in [0.05, 0.1) is 18.1 Å². The van der Waals surface area contributed by atoms with Crippen LogP contribution in [-0.2, 0) is 0 Å². The van der Waals surface area contributed by atoms with Gasteiger partial charge in [0.1, 0.15) is 5.69 Å². The van der Waals surface area contributed by atoms with E-state index in [0.29, 0.717) is 16.5 Å². The van der Waals surface area contributed by atoms with Gasteiger partial charge in [0, 0.05) is 8.59 Å². The molecular weight excluding hydrogens is 381 g/mol. The number of amides is 1. The molecule has 0 aliphatic heterocycles. The number of nitrogen functional groups attached to an aromatic ring is 1. The highest BCUT2D eigenvalue weighted by Crippen LogP contribution is 2.22. The second-order valence-corrected chi connectivity index (χ2v) is 5.11. The van der Waals surface area contributed by atoms with Gasteiger partial charge in [0.15, 0.2) is 5.82 Å². The summed E-state index contributed by atoms with van der Waals surface area (Å²) < 4.78 is 0.833. The summed E-state index contributed by atoms with van der Waals surface area (Å²) in [6, 6.07) is 5.17. The fraction of sp³-hybridized carbons (Fsp3) is 0. The SMILES string of the molecule is NNc1cncc(C(=O)Nc2ccc(Cl)cc2I)n1. The lowest BCUT2D eigenvalue weighted by Gasteiger charge is -2.07. The van der Waals surface area contributed by atoms with Crippen LogP contribution >= 0.6 is 34.2 Å². The molecule has 2 aromatic rings. The predicted octanol–water partition coefficient (Wildman–Crippen LogP) is 2.27. The monoisotopic (exact) mass is 389 g/mol. The highest BCUT2D eigenvalue weighted by atomic mass is 127. The Morgan fingerprint density at radius 3 is 2.84 bits per heavy atom. The van der Waals surface area contributed by atoms with Gasteiger partial charge < -0.3 is 10.7 Å². The number of nitrogens with zero attached hydrogens (tertiary/aromatic N) is 2. The zero-order valence-corrected chi connectivity index (χ0v) is 12.4. The van der Waals surface area contributed by atoms with Crippen LogP contribution in [0.15, 0.2) is 30.6 Å². The average Bonchev–Trinajstić information content (AvgIpc) is 2.42. The minimum Gasteiger partial charge on any atom is -0.320 e. The van der Waals surface area contributed by atoms with E-state index < -0.39 is 0 Å². The number of aromatic nitrogens is 2. The Morgan fingerprint density at radius 2 is 2.16 bits per heavy atom. The molecule has 8 heteroatoms. The fourth-order valence-corrected chi connectivity index (χ4v) is 2.33. The number of hydrogen-bond acceptors (Lipinski definition) is 5. The van der Waals surface area contributed by atoms with Crippen molar-refractivity contribution in [1.29, 1.82) is 0 Å². The van der Waals surface area contributed by atoms with Crippen molar-refractivity contribution < 1.29 is 4.79 Å². The molecule has 1 aromatic heterocycles. The van der Waals surface area contributed by atoms with Gasteiger partial charge in [0.2, 0.25) is 0 Å². The zero-order chi connectivity index (χ0) is 13.8. The number of carbonyl (C=O) groups is 1. The van der Waals surface area contributed by atoms with Crippen molar-refractivity contribution in [2.75, 3.05) is 10.7 Å². The van der Waals surface area contributed by atoms with Crippen molar-refractivity contribution in [3.63, 3.8) is 0 Å². The molecule has 6 nitrogen and oxygen atoms in total. The van der Waals surface area contributed by atoms with E-state index >= 15 is 0 Å². The van der Waals surface area contributed by atoms with Crippen molar-refractivity contribution >= 4 is 51.6 Å². The molecule has 0 unspecified atom stereocenters. The summed E-state index contributed by atoms with van der Waals surface area (Å²) in [6.07, 6.45) is 2.78. The van der Waals surface area contributed by atoms with Crippen LogP contribution in [-0.4, -0.2) is 15.9 Å². The molecule has 4 N–H and O–H groups in total. The molecule has 1 heterocycles. The standard InChI is InChI=1S/C11H9ClIN5O/c12-6-1-2-8(7(13)3-6)17-11(19)9-4-15-5-10(16-9)18-14/h1-5H,14H2,(H,16,18)(H,17,19). The second-order valence-electron chi connectivity index (χ2n) is 3.51. The van der Waals surface area contributed by atoms with E-state index in [1.165, 1.54) is 12.4 Å². The second kappa shape index (κ2) is 6.13. The molecule has 0 saturated heterocycles. The molecule has 0 aliphatic carbocycles. The minimum absolute atomic E-state index is 0.168. The van der Waals surface area contributed by atoms with Crippen LogP contribution in [0.25, 0.3) is 0 Å². The molecule has 1 aromatic carbocycles. The van der Waals surface area contributed by atoms with Crippen molar-refractivity contribution in [3.8, 4) is 0 Å². The number of halogens is 2. The Balaban J connectivity index is 2.20. The normalized spacial score (nSPS) is 10.1. The Bertz CT molecular complexity index is 622. The van der Waals surface area contributed by atoms with Crippen molar-refractivity contribution in [1.82, 2.24) is 9.97 Å². The molecule has 0 spiro atoms. The van der Waals surface area contributed by atoms with E-state index in [2.05, 4.69) is 43.3 Å². The van der Waals surface area contributed by atoms with Gasteiger partial charge in [0.25, 0.3) is 5.91 Å². The minimum atomic E-state index is -0.371. The Hall–Kier alpha value is -1.45. The maximum Gasteiger partial charge on any atom is 0.275 e. The molecule has 0 radical (unpaired) electrons. The van der Waals surface area contributed by atoms with Crippen molar-refractivity contribution in [3.05, 3.63) is 44.9 Å². The van der Waals surface area contributed by atoms with E-state index in [9.17, 15) is 4.79 Å². The van der Waals surface area contributed by atoms with Gasteiger partial charge in [-0.15, -0.1) is 0 Å². The first-order valence-corrected chi connectivity index (χ1v) is 6.61. The van der Waals surface area contributed by atoms with E-state index in [-0.39, 0.29) is 11.6 Å². The van der Waals surface area contributed by atoms with Crippen molar-refractivity contribution in [2.45, 2.75) is 0 Å². The number of rotatable bonds is 3. The van der Waals surface area contributed by atoms with Crippen LogP contribution < -0.4 is 16.6 Å². The Morgan fingerprint density at radius 1 is 1.37 bits per heavy atom. The molecule has 0 atom stereocenters. The highest BCUT2D eigenvalue weighted by Gasteiger charge is 2.11. The molecule has 1 amide bonds. The van der Waals surface area contributed by atoms with Crippen LogP contribution in [0.3, 0.4) is 0 Å². The molecule has 0 bridgehead atoms. The van der Waals surface area contributed by atoms with Crippen LogP contribution in [0.2, 0.25) is 5.02 Å². The number of hydrogen-bond donors (Lipinski definition) is 3. The summed E-state index contributed by atoms with van der Waals surface area (Å²) in [5, 5.41) is 3.34. The summed E-state index contributed by atoms with van der Waals surface area (Å²) in [5.74, 6) is 5.16. The molecule has 0 aliphatic rings. The summed E-state index contributed by atoms with van der Waals surface area (Å²) >= 11 is 7.93. The Labute approximate surface area is 127 Å². The number of hydrazine groups is 1.